The van der Waals surface area contributed by atoms with Crippen LogP contribution in [0.15, 0.2) is 58.8 Å². The van der Waals surface area contributed by atoms with E-state index >= 15 is 0 Å². The molecule has 0 aliphatic heterocycles. The molecule has 0 fully saturated rings. The van der Waals surface area contributed by atoms with Gasteiger partial charge in [-0.25, -0.2) is 13.6 Å². The van der Waals surface area contributed by atoms with Gasteiger partial charge in [0, 0.05) is 11.8 Å². The molecule has 0 bridgehead atoms. The third-order valence-corrected chi connectivity index (χ3v) is 5.95. The third kappa shape index (κ3) is 5.13. The molecule has 0 aliphatic rings. The summed E-state index contributed by atoms with van der Waals surface area (Å²) in [5, 5.41) is 16.3. The average Bonchev–Trinajstić information content (AvgIpc) is 3.16. The van der Waals surface area contributed by atoms with E-state index < -0.39 is 10.0 Å². The first-order valence-corrected chi connectivity index (χ1v) is 10.9. The summed E-state index contributed by atoms with van der Waals surface area (Å²) in [7, 11) is -2.29. The van der Waals surface area contributed by atoms with Crippen molar-refractivity contribution in [3.8, 4) is 11.4 Å². The fourth-order valence-corrected chi connectivity index (χ4v) is 4.11. The van der Waals surface area contributed by atoms with Gasteiger partial charge in [0.05, 0.1) is 23.4 Å². The smallest absolute Gasteiger partial charge is 0.238 e. The predicted octanol–water partition coefficient (Wildman–Crippen LogP) is 1.96. The first-order chi connectivity index (χ1) is 13.8. The number of primary sulfonamides is 1. The molecule has 3 aromatic rings. The van der Waals surface area contributed by atoms with E-state index in [-0.39, 0.29) is 16.6 Å². The zero-order valence-corrected chi connectivity index (χ0v) is 17.3. The summed E-state index contributed by atoms with van der Waals surface area (Å²) in [6.45, 7) is 1.63. The second-order valence-corrected chi connectivity index (χ2v) is 8.52. The Labute approximate surface area is 172 Å². The number of nitrogens with zero attached hydrogens (tertiary/aromatic N) is 3. The number of thioether (sulfide) groups is 1. The van der Waals surface area contributed by atoms with Crippen LogP contribution in [0.4, 0.5) is 5.69 Å². The molecule has 11 heteroatoms. The number of sulfonamides is 1. The van der Waals surface area contributed by atoms with Crippen molar-refractivity contribution >= 4 is 33.4 Å². The topological polar surface area (TPSA) is 129 Å². The van der Waals surface area contributed by atoms with Gasteiger partial charge in [-0.3, -0.25) is 9.36 Å². The standard InChI is InChI=1S/C18H19N5O4S2/c1-12-6-7-13(8-16(12)29(19,25)26)21-17(24)10-28-18-22-20-11-23(18)14-4-3-5-15(9-14)27-2/h3-9,11H,10H2,1-2H3,(H,21,24)(H2,19,25,26). The molecule has 1 amide bonds. The van der Waals surface area contributed by atoms with Crippen LogP contribution >= 0.6 is 11.8 Å². The molecule has 0 spiro atoms. The number of rotatable bonds is 7. The van der Waals surface area contributed by atoms with Crippen LogP contribution in [-0.4, -0.2) is 42.0 Å². The molecule has 0 radical (unpaired) electrons. The van der Waals surface area contributed by atoms with Gasteiger partial charge in [0.2, 0.25) is 15.9 Å². The van der Waals surface area contributed by atoms with Gasteiger partial charge in [-0.2, -0.15) is 0 Å². The van der Waals surface area contributed by atoms with Crippen LogP contribution in [0.3, 0.4) is 0 Å². The van der Waals surface area contributed by atoms with Crippen molar-refractivity contribution in [1.29, 1.82) is 0 Å². The molecule has 3 N–H and O–H groups in total. The lowest BCUT2D eigenvalue weighted by atomic mass is 10.2. The van der Waals surface area contributed by atoms with E-state index in [1.807, 2.05) is 24.3 Å². The normalized spacial score (nSPS) is 11.3. The van der Waals surface area contributed by atoms with E-state index in [2.05, 4.69) is 15.5 Å². The van der Waals surface area contributed by atoms with E-state index in [4.69, 9.17) is 9.88 Å². The van der Waals surface area contributed by atoms with Gasteiger partial charge in [0.15, 0.2) is 5.16 Å². The van der Waals surface area contributed by atoms with E-state index in [0.717, 1.165) is 5.69 Å². The second-order valence-electron chi connectivity index (χ2n) is 6.05. The Morgan fingerprint density at radius 1 is 1.28 bits per heavy atom. The Bertz CT molecular complexity index is 1140. The number of aryl methyl sites for hydroxylation is 1. The largest absolute Gasteiger partial charge is 0.497 e. The number of nitrogens with one attached hydrogen (secondary N) is 1. The van der Waals surface area contributed by atoms with Gasteiger partial charge in [0.25, 0.3) is 0 Å². The lowest BCUT2D eigenvalue weighted by molar-refractivity contribution is -0.113. The zero-order chi connectivity index (χ0) is 21.0. The van der Waals surface area contributed by atoms with Crippen LogP contribution in [0.2, 0.25) is 0 Å². The van der Waals surface area contributed by atoms with Crippen LogP contribution in [-0.2, 0) is 14.8 Å². The first kappa shape index (κ1) is 20.8. The minimum atomic E-state index is -3.87. The van der Waals surface area contributed by atoms with Gasteiger partial charge in [0.1, 0.15) is 12.1 Å². The van der Waals surface area contributed by atoms with Gasteiger partial charge in [-0.1, -0.05) is 23.9 Å². The molecular weight excluding hydrogens is 414 g/mol. The molecule has 29 heavy (non-hydrogen) atoms. The van der Waals surface area contributed by atoms with Crippen molar-refractivity contribution in [1.82, 2.24) is 14.8 Å². The van der Waals surface area contributed by atoms with Crippen LogP contribution in [0, 0.1) is 6.92 Å². The molecule has 0 atom stereocenters. The minimum absolute atomic E-state index is 0.0271. The monoisotopic (exact) mass is 433 g/mol. The second kappa shape index (κ2) is 8.64. The summed E-state index contributed by atoms with van der Waals surface area (Å²) >= 11 is 1.20. The number of aromatic nitrogens is 3. The number of amides is 1. The quantitative estimate of drug-likeness (QED) is 0.545. The molecule has 0 unspecified atom stereocenters. The summed E-state index contributed by atoms with van der Waals surface area (Å²) in [6.07, 6.45) is 1.55. The van der Waals surface area contributed by atoms with Crippen LogP contribution in [0.5, 0.6) is 5.75 Å². The number of anilines is 1. The average molecular weight is 434 g/mol. The summed E-state index contributed by atoms with van der Waals surface area (Å²) in [6, 6.07) is 11.9. The molecule has 1 aromatic heterocycles. The third-order valence-electron chi connectivity index (χ3n) is 3.96. The molecule has 152 valence electrons. The molecule has 0 saturated carbocycles. The summed E-state index contributed by atoms with van der Waals surface area (Å²) in [4.78, 5) is 12.3. The maximum absolute atomic E-state index is 12.3. The van der Waals surface area contributed by atoms with Crippen LogP contribution in [0.1, 0.15) is 5.56 Å². The summed E-state index contributed by atoms with van der Waals surface area (Å²) in [5.41, 5.74) is 1.65. The molecule has 2 aromatic carbocycles. The van der Waals surface area contributed by atoms with Gasteiger partial charge in [-0.15, -0.1) is 10.2 Å². The Balaban J connectivity index is 1.69. The van der Waals surface area contributed by atoms with Crippen LogP contribution in [0.25, 0.3) is 5.69 Å². The van der Waals surface area contributed by atoms with Gasteiger partial charge >= 0.3 is 0 Å². The van der Waals surface area contributed by atoms with E-state index in [1.165, 1.54) is 17.8 Å². The fraction of sp³-hybridized carbons (Fsp3) is 0.167. The number of ether oxygens (including phenoxy) is 1. The molecule has 1 heterocycles. The number of benzene rings is 2. The molecule has 3 rings (SSSR count). The van der Waals surface area contributed by atoms with Gasteiger partial charge < -0.3 is 10.1 Å². The summed E-state index contributed by atoms with van der Waals surface area (Å²) in [5.74, 6) is 0.427. The van der Waals surface area contributed by atoms with E-state index in [9.17, 15) is 13.2 Å². The number of hydrogen-bond acceptors (Lipinski definition) is 7. The van der Waals surface area contributed by atoms with Gasteiger partial charge in [-0.05, 0) is 36.8 Å². The minimum Gasteiger partial charge on any atom is -0.497 e. The highest BCUT2D eigenvalue weighted by Crippen LogP contribution is 2.23. The molecular formula is C18H19N5O4S2. The maximum atomic E-state index is 12.3. The Morgan fingerprint density at radius 2 is 2.07 bits per heavy atom. The van der Waals surface area contributed by atoms with Crippen molar-refractivity contribution in [3.63, 3.8) is 0 Å². The maximum Gasteiger partial charge on any atom is 0.238 e. The molecule has 0 aliphatic carbocycles. The highest BCUT2D eigenvalue weighted by Gasteiger charge is 2.14. The van der Waals surface area contributed by atoms with Crippen molar-refractivity contribution in [3.05, 3.63) is 54.4 Å². The number of hydrogen-bond donors (Lipinski definition) is 2. The number of carbonyl (C=O) groups is 1. The number of methoxy groups -OCH3 is 1. The number of nitrogens with two attached hydrogens (primary N) is 1. The predicted molar refractivity (Wildman–Crippen MR) is 110 cm³/mol. The highest BCUT2D eigenvalue weighted by atomic mass is 32.2. The fourth-order valence-electron chi connectivity index (χ4n) is 2.57. The first-order valence-electron chi connectivity index (χ1n) is 8.38. The highest BCUT2D eigenvalue weighted by molar-refractivity contribution is 7.99. The van der Waals surface area contributed by atoms with Crippen molar-refractivity contribution in [2.24, 2.45) is 5.14 Å². The molecule has 9 nitrogen and oxygen atoms in total. The lowest BCUT2D eigenvalue weighted by Crippen LogP contribution is -2.17. The van der Waals surface area contributed by atoms with Crippen LogP contribution < -0.4 is 15.2 Å². The van der Waals surface area contributed by atoms with E-state index in [1.54, 1.807) is 37.1 Å². The molecule has 0 saturated heterocycles. The van der Waals surface area contributed by atoms with Crippen molar-refractivity contribution < 1.29 is 17.9 Å². The lowest BCUT2D eigenvalue weighted by Gasteiger charge is -2.10. The Kier molecular flexibility index (Phi) is 6.20. The number of carbonyl (C=O) groups excluding carboxylic acids is 1. The van der Waals surface area contributed by atoms with E-state index in [0.29, 0.717) is 22.2 Å². The Morgan fingerprint density at radius 3 is 2.79 bits per heavy atom. The summed E-state index contributed by atoms with van der Waals surface area (Å²) < 4.78 is 30.2. The Hall–Kier alpha value is -2.89. The van der Waals surface area contributed by atoms with Crippen molar-refractivity contribution in [2.45, 2.75) is 17.0 Å². The van der Waals surface area contributed by atoms with Crippen molar-refractivity contribution in [2.75, 3.05) is 18.2 Å². The SMILES string of the molecule is COc1cccc(-n2cnnc2SCC(=O)Nc2ccc(C)c(S(N)(=O)=O)c2)c1. The zero-order valence-electron chi connectivity index (χ0n) is 15.7.